The fourth-order valence-electron chi connectivity index (χ4n) is 1.87. The van der Waals surface area contributed by atoms with E-state index in [4.69, 9.17) is 9.47 Å². The summed E-state index contributed by atoms with van der Waals surface area (Å²) in [6, 6.07) is 7.39. The minimum absolute atomic E-state index is 0. The number of benzene rings is 1. The van der Waals surface area contributed by atoms with Crippen LogP contribution in [-0.4, -0.2) is 56.1 Å². The number of rotatable bonds is 6. The summed E-state index contributed by atoms with van der Waals surface area (Å²) in [5.41, 5.74) is 0. The van der Waals surface area contributed by atoms with Gasteiger partial charge in [-0.25, -0.2) is 0 Å². The van der Waals surface area contributed by atoms with Crippen LogP contribution in [0.5, 0.6) is 5.75 Å². The first kappa shape index (κ1) is 19.2. The van der Waals surface area contributed by atoms with Crippen LogP contribution in [0.2, 0.25) is 0 Å². The molecule has 1 fully saturated rings. The van der Waals surface area contributed by atoms with Gasteiger partial charge in [0.15, 0.2) is 0 Å². The third kappa shape index (κ3) is 6.10. The molecule has 3 N–H and O–H groups in total. The Labute approximate surface area is 144 Å². The Morgan fingerprint density at radius 2 is 2.32 bits per heavy atom. The molecule has 0 bridgehead atoms. The zero-order chi connectivity index (χ0) is 15.1. The van der Waals surface area contributed by atoms with Crippen molar-refractivity contribution in [2.24, 2.45) is 0 Å². The highest BCUT2D eigenvalue weighted by Crippen LogP contribution is 2.23. The van der Waals surface area contributed by atoms with E-state index >= 15 is 0 Å². The minimum atomic E-state index is -0.780. The van der Waals surface area contributed by atoms with Gasteiger partial charge < -0.3 is 25.2 Å². The second kappa shape index (κ2) is 10.0. The minimum Gasteiger partial charge on any atom is -0.490 e. The first-order valence-corrected chi connectivity index (χ1v) is 7.61. The van der Waals surface area contributed by atoms with Crippen molar-refractivity contribution in [1.82, 2.24) is 10.6 Å². The number of halogens is 2. The van der Waals surface area contributed by atoms with Crippen LogP contribution in [0.1, 0.15) is 0 Å². The van der Waals surface area contributed by atoms with Gasteiger partial charge in [-0.05, 0) is 28.1 Å². The number of carbonyl (C=O) groups is 1. The van der Waals surface area contributed by atoms with Gasteiger partial charge in [-0.1, -0.05) is 12.1 Å². The van der Waals surface area contributed by atoms with Gasteiger partial charge in [0.2, 0.25) is 0 Å². The van der Waals surface area contributed by atoms with Crippen molar-refractivity contribution >= 4 is 34.2 Å². The maximum atomic E-state index is 11.8. The van der Waals surface area contributed by atoms with Crippen LogP contribution >= 0.6 is 28.3 Å². The Morgan fingerprint density at radius 3 is 3.00 bits per heavy atom. The molecule has 2 rings (SSSR count). The van der Waals surface area contributed by atoms with Gasteiger partial charge >= 0.3 is 0 Å². The van der Waals surface area contributed by atoms with Crippen LogP contribution in [0, 0.1) is 0 Å². The molecule has 0 radical (unpaired) electrons. The number of aliphatic hydroxyl groups excluding tert-OH is 1. The Morgan fingerprint density at radius 1 is 1.55 bits per heavy atom. The summed E-state index contributed by atoms with van der Waals surface area (Å²) in [4.78, 5) is 11.8. The molecule has 0 spiro atoms. The molecular formula is C14H20BrClN2O4. The second-order valence-electron chi connectivity index (χ2n) is 4.70. The van der Waals surface area contributed by atoms with E-state index in [1.807, 2.05) is 18.2 Å². The molecule has 0 aliphatic carbocycles. The van der Waals surface area contributed by atoms with E-state index in [0.717, 1.165) is 11.0 Å². The lowest BCUT2D eigenvalue weighted by Gasteiger charge is -2.23. The average molecular weight is 396 g/mol. The molecule has 0 saturated carbocycles. The number of morpholine rings is 1. The molecule has 8 heteroatoms. The Kier molecular flexibility index (Phi) is 8.74. The standard InChI is InChI=1S/C14H19BrN2O4.ClH/c15-11-3-1-2-4-12(11)21-9-10(18)7-17-14(19)13-8-16-5-6-20-13;/h1-4,10,13,16,18H,5-9H2,(H,17,19);1H. The van der Waals surface area contributed by atoms with E-state index in [1.165, 1.54) is 0 Å². The number of hydrogen-bond acceptors (Lipinski definition) is 5. The van der Waals surface area contributed by atoms with Crippen LogP contribution in [-0.2, 0) is 9.53 Å². The number of hydrogen-bond donors (Lipinski definition) is 3. The van der Waals surface area contributed by atoms with Crippen molar-refractivity contribution in [2.75, 3.05) is 32.8 Å². The summed E-state index contributed by atoms with van der Waals surface area (Å²) < 4.78 is 11.6. The highest BCUT2D eigenvalue weighted by molar-refractivity contribution is 9.10. The highest BCUT2D eigenvalue weighted by atomic mass is 79.9. The monoisotopic (exact) mass is 394 g/mol. The van der Waals surface area contributed by atoms with Crippen LogP contribution < -0.4 is 15.4 Å². The third-order valence-corrected chi connectivity index (χ3v) is 3.65. The zero-order valence-corrected chi connectivity index (χ0v) is 14.4. The molecule has 1 aromatic carbocycles. The SMILES string of the molecule is Cl.O=C(NCC(O)COc1ccccc1Br)C1CNCCO1. The molecule has 1 aliphatic heterocycles. The van der Waals surface area contributed by atoms with Crippen molar-refractivity contribution in [1.29, 1.82) is 0 Å². The molecule has 124 valence electrons. The molecule has 1 heterocycles. The molecule has 22 heavy (non-hydrogen) atoms. The number of para-hydroxylation sites is 1. The molecular weight excluding hydrogens is 376 g/mol. The van der Waals surface area contributed by atoms with Crippen molar-refractivity contribution in [3.05, 3.63) is 28.7 Å². The average Bonchev–Trinajstić information content (AvgIpc) is 2.52. The predicted molar refractivity (Wildman–Crippen MR) is 88.5 cm³/mol. The van der Waals surface area contributed by atoms with Gasteiger partial charge in [-0.2, -0.15) is 0 Å². The summed E-state index contributed by atoms with van der Waals surface area (Å²) in [6.45, 7) is 2.00. The number of ether oxygens (including phenoxy) is 2. The number of carbonyl (C=O) groups excluding carboxylic acids is 1. The molecule has 1 saturated heterocycles. The maximum absolute atomic E-state index is 11.8. The third-order valence-electron chi connectivity index (χ3n) is 3.00. The number of amides is 1. The number of nitrogens with one attached hydrogen (secondary N) is 2. The largest absolute Gasteiger partial charge is 0.490 e. The maximum Gasteiger partial charge on any atom is 0.250 e. The summed E-state index contributed by atoms with van der Waals surface area (Å²) >= 11 is 3.36. The van der Waals surface area contributed by atoms with Crippen molar-refractivity contribution in [3.63, 3.8) is 0 Å². The zero-order valence-electron chi connectivity index (χ0n) is 12.0. The Balaban J connectivity index is 0.00000242. The smallest absolute Gasteiger partial charge is 0.250 e. The van der Waals surface area contributed by atoms with Crippen molar-refractivity contribution in [2.45, 2.75) is 12.2 Å². The van der Waals surface area contributed by atoms with Crippen LogP contribution in [0.3, 0.4) is 0 Å². The van der Waals surface area contributed by atoms with E-state index in [-0.39, 0.29) is 31.5 Å². The topological polar surface area (TPSA) is 79.8 Å². The van der Waals surface area contributed by atoms with E-state index in [1.54, 1.807) is 6.07 Å². The molecule has 2 atom stereocenters. The van der Waals surface area contributed by atoms with Crippen molar-refractivity contribution in [3.8, 4) is 5.75 Å². The normalized spacial score (nSPS) is 18.9. The molecule has 0 aromatic heterocycles. The Bertz CT molecular complexity index is 472. The van der Waals surface area contributed by atoms with Crippen LogP contribution in [0.4, 0.5) is 0 Å². The highest BCUT2D eigenvalue weighted by Gasteiger charge is 2.22. The van der Waals surface area contributed by atoms with Crippen LogP contribution in [0.15, 0.2) is 28.7 Å². The second-order valence-corrected chi connectivity index (χ2v) is 5.56. The molecule has 1 amide bonds. The first-order chi connectivity index (χ1) is 10.2. The lowest BCUT2D eigenvalue weighted by atomic mass is 10.2. The summed E-state index contributed by atoms with van der Waals surface area (Å²) in [5, 5.41) is 15.6. The molecule has 1 aromatic rings. The fourth-order valence-corrected chi connectivity index (χ4v) is 2.27. The van der Waals surface area contributed by atoms with Gasteiger partial charge in [0.1, 0.15) is 24.6 Å². The Hall–Kier alpha value is -0.860. The van der Waals surface area contributed by atoms with Crippen molar-refractivity contribution < 1.29 is 19.4 Å². The van der Waals surface area contributed by atoms with Gasteiger partial charge in [0.05, 0.1) is 11.1 Å². The molecule has 1 aliphatic rings. The first-order valence-electron chi connectivity index (χ1n) is 6.82. The van der Waals surface area contributed by atoms with E-state index in [9.17, 15) is 9.90 Å². The van der Waals surface area contributed by atoms with Gasteiger partial charge in [-0.3, -0.25) is 4.79 Å². The summed E-state index contributed by atoms with van der Waals surface area (Å²) in [7, 11) is 0. The lowest BCUT2D eigenvalue weighted by molar-refractivity contribution is -0.134. The van der Waals surface area contributed by atoms with E-state index in [2.05, 4.69) is 26.6 Å². The predicted octanol–water partition coefficient (Wildman–Crippen LogP) is 0.715. The quantitative estimate of drug-likeness (QED) is 0.661. The fraction of sp³-hybridized carbons (Fsp3) is 0.500. The lowest BCUT2D eigenvalue weighted by Crippen LogP contribution is -2.49. The van der Waals surface area contributed by atoms with E-state index in [0.29, 0.717) is 18.9 Å². The van der Waals surface area contributed by atoms with Gasteiger partial charge in [0.25, 0.3) is 5.91 Å². The number of aliphatic hydroxyl groups is 1. The van der Waals surface area contributed by atoms with Gasteiger partial charge in [-0.15, -0.1) is 12.4 Å². The summed E-state index contributed by atoms with van der Waals surface area (Å²) in [5.74, 6) is 0.435. The van der Waals surface area contributed by atoms with E-state index < -0.39 is 12.2 Å². The molecule has 2 unspecified atom stereocenters. The van der Waals surface area contributed by atoms with Gasteiger partial charge in [0, 0.05) is 19.6 Å². The van der Waals surface area contributed by atoms with Crippen LogP contribution in [0.25, 0.3) is 0 Å². The molecule has 6 nitrogen and oxygen atoms in total. The summed E-state index contributed by atoms with van der Waals surface area (Å²) in [6.07, 6.45) is -1.27.